The highest BCUT2D eigenvalue weighted by Gasteiger charge is 2.51. The fraction of sp³-hybridized carbons (Fsp3) is 0.391. The number of likely N-dealkylation sites (tertiary alicyclic amines) is 1. The van der Waals surface area contributed by atoms with Gasteiger partial charge in [-0.15, -0.1) is 0 Å². The third kappa shape index (κ3) is 3.20. The molecule has 1 saturated carbocycles. The number of amides is 1. The Bertz CT molecular complexity index is 970. The molecule has 1 amide bonds. The maximum Gasteiger partial charge on any atom is 0.231 e. The number of fused-ring (bicyclic) bond motifs is 1. The minimum Gasteiger partial charge on any atom is -0.347 e. The van der Waals surface area contributed by atoms with E-state index in [1.54, 1.807) is 0 Å². The van der Waals surface area contributed by atoms with Crippen LogP contribution in [0.3, 0.4) is 0 Å². The van der Waals surface area contributed by atoms with Crippen molar-refractivity contribution in [1.29, 1.82) is 0 Å². The van der Waals surface area contributed by atoms with E-state index in [-0.39, 0.29) is 17.4 Å². The van der Waals surface area contributed by atoms with E-state index in [9.17, 15) is 4.79 Å². The normalized spacial score (nSPS) is 19.6. The van der Waals surface area contributed by atoms with Crippen molar-refractivity contribution < 1.29 is 4.79 Å². The van der Waals surface area contributed by atoms with Gasteiger partial charge in [-0.3, -0.25) is 9.89 Å². The van der Waals surface area contributed by atoms with E-state index in [1.807, 2.05) is 18.3 Å². The van der Waals surface area contributed by atoms with Gasteiger partial charge in [-0.25, -0.2) is 0 Å². The summed E-state index contributed by atoms with van der Waals surface area (Å²) in [6, 6.07) is 16.6. The van der Waals surface area contributed by atoms with Crippen molar-refractivity contribution in [3.8, 4) is 0 Å². The van der Waals surface area contributed by atoms with Gasteiger partial charge in [0.25, 0.3) is 0 Å². The van der Waals surface area contributed by atoms with Gasteiger partial charge in [0.1, 0.15) is 0 Å². The average Bonchev–Trinajstić information content (AvgIpc) is 3.14. The predicted octanol–water partition coefficient (Wildman–Crippen LogP) is 3.55. The van der Waals surface area contributed by atoms with Crippen LogP contribution in [-0.4, -0.2) is 40.6 Å². The van der Waals surface area contributed by atoms with E-state index in [1.165, 1.54) is 18.4 Å². The molecule has 1 saturated heterocycles. The molecule has 2 N–H and O–H groups in total. The molecule has 0 spiro atoms. The Morgan fingerprint density at radius 2 is 1.93 bits per heavy atom. The second-order valence-electron chi connectivity index (χ2n) is 8.20. The Labute approximate surface area is 165 Å². The summed E-state index contributed by atoms with van der Waals surface area (Å²) >= 11 is 0. The molecule has 5 heteroatoms. The first-order valence-electron chi connectivity index (χ1n) is 10.3. The van der Waals surface area contributed by atoms with Crippen molar-refractivity contribution in [3.63, 3.8) is 0 Å². The third-order valence-corrected chi connectivity index (χ3v) is 6.32. The van der Waals surface area contributed by atoms with Crippen LogP contribution < -0.4 is 5.32 Å². The maximum atomic E-state index is 13.4. The fourth-order valence-corrected chi connectivity index (χ4v) is 4.45. The minimum atomic E-state index is -0.385. The summed E-state index contributed by atoms with van der Waals surface area (Å²) < 4.78 is 0. The van der Waals surface area contributed by atoms with Crippen molar-refractivity contribution in [2.45, 2.75) is 37.1 Å². The predicted molar refractivity (Wildman–Crippen MR) is 110 cm³/mol. The van der Waals surface area contributed by atoms with Gasteiger partial charge < -0.3 is 10.2 Å². The van der Waals surface area contributed by atoms with Crippen LogP contribution >= 0.6 is 0 Å². The molecule has 28 heavy (non-hydrogen) atoms. The Balaban J connectivity index is 1.39. The second kappa shape index (κ2) is 7.06. The van der Waals surface area contributed by atoms with Crippen LogP contribution in [-0.2, 0) is 10.2 Å². The first kappa shape index (κ1) is 17.4. The SMILES string of the molecule is O=C(N[C@H](CN1CCCC1)c1ccccc1)C1(c2ccc3[nH]ncc3c2)CC1. The summed E-state index contributed by atoms with van der Waals surface area (Å²) in [6.45, 7) is 3.13. The Morgan fingerprint density at radius 1 is 1.14 bits per heavy atom. The highest BCUT2D eigenvalue weighted by molar-refractivity contribution is 5.93. The van der Waals surface area contributed by atoms with Gasteiger partial charge in [0.05, 0.1) is 23.2 Å². The average molecular weight is 374 g/mol. The van der Waals surface area contributed by atoms with Crippen LogP contribution in [0.4, 0.5) is 0 Å². The van der Waals surface area contributed by atoms with Crippen molar-refractivity contribution in [2.75, 3.05) is 19.6 Å². The molecule has 0 radical (unpaired) electrons. The van der Waals surface area contributed by atoms with E-state index in [2.05, 4.69) is 56.8 Å². The van der Waals surface area contributed by atoms with Crippen molar-refractivity contribution in [3.05, 3.63) is 65.9 Å². The van der Waals surface area contributed by atoms with Crippen LogP contribution in [0.2, 0.25) is 0 Å². The van der Waals surface area contributed by atoms with Gasteiger partial charge in [0.15, 0.2) is 0 Å². The van der Waals surface area contributed by atoms with Gasteiger partial charge in [-0.2, -0.15) is 5.10 Å². The second-order valence-corrected chi connectivity index (χ2v) is 8.20. The number of carbonyl (C=O) groups is 1. The highest BCUT2D eigenvalue weighted by Crippen LogP contribution is 2.49. The summed E-state index contributed by atoms with van der Waals surface area (Å²) in [7, 11) is 0. The lowest BCUT2D eigenvalue weighted by atomic mass is 9.93. The smallest absolute Gasteiger partial charge is 0.231 e. The molecular weight excluding hydrogens is 348 g/mol. The summed E-state index contributed by atoms with van der Waals surface area (Å²) in [5, 5.41) is 11.6. The van der Waals surface area contributed by atoms with Gasteiger partial charge in [0.2, 0.25) is 5.91 Å². The minimum absolute atomic E-state index is 0.0296. The van der Waals surface area contributed by atoms with Crippen LogP contribution in [0.5, 0.6) is 0 Å². The summed E-state index contributed by atoms with van der Waals surface area (Å²) in [5.41, 5.74) is 2.91. The maximum absolute atomic E-state index is 13.4. The van der Waals surface area contributed by atoms with Crippen molar-refractivity contribution >= 4 is 16.8 Å². The number of benzene rings is 2. The Kier molecular flexibility index (Phi) is 4.40. The van der Waals surface area contributed by atoms with Gasteiger partial charge in [0, 0.05) is 11.9 Å². The number of H-pyrrole nitrogens is 1. The van der Waals surface area contributed by atoms with E-state index in [0.717, 1.165) is 48.9 Å². The van der Waals surface area contributed by atoms with Gasteiger partial charge in [-0.1, -0.05) is 36.4 Å². The molecule has 5 rings (SSSR count). The van der Waals surface area contributed by atoms with E-state index >= 15 is 0 Å². The van der Waals surface area contributed by atoms with E-state index < -0.39 is 0 Å². The molecule has 2 aliphatic rings. The van der Waals surface area contributed by atoms with Gasteiger partial charge in [-0.05, 0) is 62.0 Å². The topological polar surface area (TPSA) is 61.0 Å². The molecule has 3 aromatic rings. The van der Waals surface area contributed by atoms with Crippen LogP contribution in [0.25, 0.3) is 10.9 Å². The van der Waals surface area contributed by atoms with Crippen LogP contribution in [0.1, 0.15) is 42.9 Å². The van der Waals surface area contributed by atoms with Crippen molar-refractivity contribution in [2.24, 2.45) is 0 Å². The number of aromatic amines is 1. The van der Waals surface area contributed by atoms with Crippen molar-refractivity contribution in [1.82, 2.24) is 20.4 Å². The summed E-state index contributed by atoms with van der Waals surface area (Å²) in [6.07, 6.45) is 6.15. The Hall–Kier alpha value is -2.66. The highest BCUT2D eigenvalue weighted by atomic mass is 16.2. The fourth-order valence-electron chi connectivity index (χ4n) is 4.45. The zero-order valence-corrected chi connectivity index (χ0v) is 16.0. The molecule has 5 nitrogen and oxygen atoms in total. The van der Waals surface area contributed by atoms with E-state index in [4.69, 9.17) is 0 Å². The molecular formula is C23H26N4O. The molecule has 0 unspecified atom stereocenters. The number of nitrogens with zero attached hydrogens (tertiary/aromatic N) is 2. The molecule has 1 aromatic heterocycles. The van der Waals surface area contributed by atoms with Gasteiger partial charge >= 0.3 is 0 Å². The summed E-state index contributed by atoms with van der Waals surface area (Å²) in [5.74, 6) is 0.156. The number of nitrogens with one attached hydrogen (secondary N) is 2. The zero-order valence-electron chi connectivity index (χ0n) is 16.0. The number of aromatic nitrogens is 2. The van der Waals surface area contributed by atoms with Crippen LogP contribution in [0.15, 0.2) is 54.7 Å². The number of rotatable bonds is 6. The quantitative estimate of drug-likeness (QED) is 0.694. The Morgan fingerprint density at radius 3 is 2.68 bits per heavy atom. The molecule has 1 atom stereocenters. The molecule has 1 aliphatic carbocycles. The number of hydrogen-bond acceptors (Lipinski definition) is 3. The molecule has 144 valence electrons. The monoisotopic (exact) mass is 374 g/mol. The summed E-state index contributed by atoms with van der Waals surface area (Å²) in [4.78, 5) is 15.9. The number of carbonyl (C=O) groups excluding carboxylic acids is 1. The van der Waals surface area contributed by atoms with E-state index in [0.29, 0.717) is 0 Å². The largest absolute Gasteiger partial charge is 0.347 e. The first-order chi connectivity index (χ1) is 13.7. The molecule has 2 fully saturated rings. The molecule has 1 aliphatic heterocycles. The standard InChI is InChI=1S/C23H26N4O/c28-22(23(10-11-23)19-8-9-20-18(14-19)15-24-26-20)25-21(16-27-12-4-5-13-27)17-6-2-1-3-7-17/h1-3,6-9,14-15,21H,4-5,10-13,16H2,(H,24,26)(H,25,28)/t21-/m1/s1. The van der Waals surface area contributed by atoms with Crippen LogP contribution in [0, 0.1) is 0 Å². The lowest BCUT2D eigenvalue weighted by molar-refractivity contribution is -0.124. The molecule has 2 aromatic carbocycles. The third-order valence-electron chi connectivity index (χ3n) is 6.32. The lowest BCUT2D eigenvalue weighted by Gasteiger charge is -2.27. The first-order valence-corrected chi connectivity index (χ1v) is 10.3. The number of hydrogen-bond donors (Lipinski definition) is 2. The molecule has 2 heterocycles. The zero-order chi connectivity index (χ0) is 19.0. The lowest BCUT2D eigenvalue weighted by Crippen LogP contribution is -2.41. The molecule has 0 bridgehead atoms.